The largest absolute Gasteiger partial charge is 0.480 e. The van der Waals surface area contributed by atoms with Crippen LogP contribution < -0.4 is 21.5 Å². The summed E-state index contributed by atoms with van der Waals surface area (Å²) in [6.45, 7) is 3.92. The van der Waals surface area contributed by atoms with Crippen LogP contribution in [-0.4, -0.2) is 111 Å². The van der Waals surface area contributed by atoms with Gasteiger partial charge in [-0.1, -0.05) is 206 Å². The zero-order valence-electron chi connectivity index (χ0n) is 52.1. The Hall–Kier alpha value is -5.63. The Morgan fingerprint density at radius 2 is 1.13 bits per heavy atom. The summed E-state index contributed by atoms with van der Waals surface area (Å²) in [5.74, 6) is -3.95. The summed E-state index contributed by atoms with van der Waals surface area (Å²) in [4.78, 5) is 114. The number of carbonyl (C=O) groups is 6. The van der Waals surface area contributed by atoms with E-state index in [4.69, 9.17) is 18.5 Å². The Kier molecular flexibility index (Phi) is 40.4. The minimum absolute atomic E-state index is 0.130. The number of aryl methyl sites for hydroxylation is 3. The molecule has 3 rings (SSSR count). The molecular weight excluding hydrogens is 1120 g/mol. The first-order chi connectivity index (χ1) is 41.6. The number of carboxylic acid groups (broad SMARTS) is 1. The van der Waals surface area contributed by atoms with Crippen LogP contribution in [0.2, 0.25) is 0 Å². The van der Waals surface area contributed by atoms with Crippen molar-refractivity contribution in [2.24, 2.45) is 0 Å². The van der Waals surface area contributed by atoms with E-state index in [0.29, 0.717) is 37.2 Å². The maximum absolute atomic E-state index is 13.0. The van der Waals surface area contributed by atoms with E-state index in [9.17, 15) is 48.1 Å². The van der Waals surface area contributed by atoms with E-state index in [1.165, 1.54) is 153 Å². The highest BCUT2D eigenvalue weighted by atomic mass is 31.2. The number of ether oxygens (including phenoxy) is 2. The number of hydrogen-bond donors (Lipinski definition) is 6. The molecule has 2 heterocycles. The maximum atomic E-state index is 13.0. The van der Waals surface area contributed by atoms with Gasteiger partial charge in [0.25, 0.3) is 11.5 Å². The third kappa shape index (κ3) is 36.5. The van der Waals surface area contributed by atoms with Crippen molar-refractivity contribution in [1.82, 2.24) is 35.9 Å². The van der Waals surface area contributed by atoms with Gasteiger partial charge in [0.05, 0.1) is 31.6 Å². The molecular formula is C64H104N7O14P. The van der Waals surface area contributed by atoms with Gasteiger partial charge in [0.15, 0.2) is 17.3 Å². The number of nitrogens with one attached hydrogen (secondary N) is 4. The molecule has 0 radical (unpaired) electrons. The van der Waals surface area contributed by atoms with Crippen molar-refractivity contribution < 1.29 is 61.9 Å². The van der Waals surface area contributed by atoms with Crippen molar-refractivity contribution in [3.05, 3.63) is 63.5 Å². The molecule has 0 saturated carbocycles. The van der Waals surface area contributed by atoms with Gasteiger partial charge in [-0.05, 0) is 56.7 Å². The molecule has 6 N–H and O–H groups in total. The lowest BCUT2D eigenvalue weighted by Gasteiger charge is -2.20. The fourth-order valence-electron chi connectivity index (χ4n) is 9.85. The first kappa shape index (κ1) is 74.6. The third-order valence-electron chi connectivity index (χ3n) is 15.0. The third-order valence-corrected chi connectivity index (χ3v) is 16.0. The Morgan fingerprint density at radius 1 is 0.616 bits per heavy atom. The predicted molar refractivity (Wildman–Crippen MR) is 332 cm³/mol. The van der Waals surface area contributed by atoms with E-state index >= 15 is 0 Å². The SMILES string of the molecule is CCCCCCCCCCCCCCCCCC(=O)OC[C@H](COP(=O)(O)OCCNC(=O)CNC(=O)CC[C@H](NC(=O)c1ccc(CCc2cnc3nc(C)[nH]c(=O)c3n2)cc1)C(=O)O)OC(=O)CCCCCCCCCCCCCCCCC. The van der Waals surface area contributed by atoms with Crippen LogP contribution in [0.5, 0.6) is 0 Å². The van der Waals surface area contributed by atoms with Gasteiger partial charge < -0.3 is 40.4 Å². The number of esters is 2. The van der Waals surface area contributed by atoms with Crippen LogP contribution >= 0.6 is 7.82 Å². The lowest BCUT2D eigenvalue weighted by Crippen LogP contribution is -2.42. The molecule has 1 unspecified atom stereocenters. The quantitative estimate of drug-likeness (QED) is 0.0174. The van der Waals surface area contributed by atoms with Crippen LogP contribution in [0.15, 0.2) is 35.3 Å². The summed E-state index contributed by atoms with van der Waals surface area (Å²) in [7, 11) is -4.76. The standard InChI is InChI=1S/C64H104N7O14P/c1-4-6-8-10-12-14-16-18-20-22-24-26-28-30-32-34-58(74)82-48-54(85-59(75)35-33-31-29-27-25-23-21-19-17-15-13-11-9-7-5-2)49-84-86(80,81)83-45-44-65-57(73)47-66-56(72)43-42-55(64(78)79)71-62(76)52-39-36-51(37-40-52)38-41-53-46-67-61-60(70-53)63(77)69-50(3)68-61/h36-37,39-40,46,54-55H,4-35,38,41-45,47-49H2,1-3H3,(H,65,73)(H,66,72)(H,71,76)(H,78,79)(H,80,81)(H,67,68,69,77)/t54-,55+/m1/s1. The van der Waals surface area contributed by atoms with Crippen molar-refractivity contribution in [1.29, 1.82) is 0 Å². The minimum atomic E-state index is -4.76. The van der Waals surface area contributed by atoms with Crippen molar-refractivity contribution in [2.75, 3.05) is 32.9 Å². The van der Waals surface area contributed by atoms with E-state index in [1.54, 1.807) is 25.3 Å². The Labute approximate surface area is 510 Å². The Balaban J connectivity index is 1.34. The van der Waals surface area contributed by atoms with Crippen molar-refractivity contribution in [3.8, 4) is 0 Å². The highest BCUT2D eigenvalue weighted by Crippen LogP contribution is 2.43. The topological polar surface area (TPSA) is 304 Å². The van der Waals surface area contributed by atoms with Crippen LogP contribution in [-0.2, 0) is 59.9 Å². The average Bonchev–Trinajstić information content (AvgIpc) is 3.62. The second-order valence-electron chi connectivity index (χ2n) is 22.7. The van der Waals surface area contributed by atoms with Crippen molar-refractivity contribution in [3.63, 3.8) is 0 Å². The summed E-state index contributed by atoms with van der Waals surface area (Å²) < 4.78 is 34.1. The Morgan fingerprint density at radius 3 is 1.65 bits per heavy atom. The number of H-pyrrole nitrogens is 1. The number of aromatic amines is 1. The molecule has 0 aliphatic rings. The van der Waals surface area contributed by atoms with Crippen LogP contribution in [0.25, 0.3) is 11.2 Å². The van der Waals surface area contributed by atoms with Crippen molar-refractivity contribution >= 4 is 54.6 Å². The minimum Gasteiger partial charge on any atom is -0.480 e. The molecule has 22 heteroatoms. The summed E-state index contributed by atoms with van der Waals surface area (Å²) in [6.07, 6.45) is 36.8. The molecule has 2 aromatic heterocycles. The normalized spacial score (nSPS) is 12.7. The number of phosphoric acid groups is 1. The fraction of sp³-hybridized carbons (Fsp3) is 0.719. The summed E-state index contributed by atoms with van der Waals surface area (Å²) in [6, 6.07) is 5.07. The number of phosphoric ester groups is 1. The number of hydrogen-bond acceptors (Lipinski definition) is 15. The second-order valence-corrected chi connectivity index (χ2v) is 24.2. The molecule has 3 amide bonds. The number of aliphatic carboxylic acids is 1. The molecule has 1 aromatic carbocycles. The van der Waals surface area contributed by atoms with Gasteiger partial charge in [0.1, 0.15) is 18.5 Å². The maximum Gasteiger partial charge on any atom is 0.472 e. The van der Waals surface area contributed by atoms with Gasteiger partial charge in [0.2, 0.25) is 11.8 Å². The number of nitrogens with zero attached hydrogens (tertiary/aromatic N) is 3. The summed E-state index contributed by atoms with van der Waals surface area (Å²) >= 11 is 0. The number of carbonyl (C=O) groups excluding carboxylic acids is 5. The highest BCUT2D eigenvalue weighted by Gasteiger charge is 2.27. The number of carboxylic acids is 1. The highest BCUT2D eigenvalue weighted by molar-refractivity contribution is 7.47. The molecule has 0 aliphatic carbocycles. The van der Waals surface area contributed by atoms with Crippen LogP contribution in [0.4, 0.5) is 0 Å². The average molecular weight is 1230 g/mol. The number of unbranched alkanes of at least 4 members (excludes halogenated alkanes) is 28. The van der Waals surface area contributed by atoms with Gasteiger partial charge in [-0.2, -0.15) is 0 Å². The summed E-state index contributed by atoms with van der Waals surface area (Å²) in [5.41, 5.74) is 1.63. The number of rotatable bonds is 53. The smallest absolute Gasteiger partial charge is 0.472 e. The molecule has 21 nitrogen and oxygen atoms in total. The lowest BCUT2D eigenvalue weighted by atomic mass is 10.0. The van der Waals surface area contributed by atoms with E-state index in [0.717, 1.165) is 44.1 Å². The monoisotopic (exact) mass is 1230 g/mol. The number of aromatic nitrogens is 4. The van der Waals surface area contributed by atoms with E-state index in [1.807, 2.05) is 0 Å². The van der Waals surface area contributed by atoms with E-state index in [2.05, 4.69) is 49.7 Å². The zero-order valence-corrected chi connectivity index (χ0v) is 53.0. The van der Waals surface area contributed by atoms with Crippen molar-refractivity contribution in [2.45, 2.75) is 264 Å². The fourth-order valence-corrected chi connectivity index (χ4v) is 10.6. The number of benzene rings is 1. The van der Waals surface area contributed by atoms with Gasteiger partial charge in [-0.15, -0.1) is 0 Å². The molecule has 0 saturated heterocycles. The van der Waals surface area contributed by atoms with E-state index < -0.39 is 75.4 Å². The van der Waals surface area contributed by atoms with Crippen LogP contribution in [0.3, 0.4) is 0 Å². The molecule has 0 aliphatic heterocycles. The van der Waals surface area contributed by atoms with Crippen LogP contribution in [0.1, 0.15) is 260 Å². The molecule has 0 bridgehead atoms. The molecule has 0 spiro atoms. The molecule has 86 heavy (non-hydrogen) atoms. The molecule has 484 valence electrons. The van der Waals surface area contributed by atoms with Gasteiger partial charge in [-0.3, -0.25) is 37.8 Å². The van der Waals surface area contributed by atoms with Gasteiger partial charge >= 0.3 is 25.7 Å². The first-order valence-corrected chi connectivity index (χ1v) is 33.9. The predicted octanol–water partition coefficient (Wildman–Crippen LogP) is 12.1. The van der Waals surface area contributed by atoms with Gasteiger partial charge in [-0.25, -0.2) is 24.3 Å². The zero-order chi connectivity index (χ0) is 62.5. The Bertz CT molecular complexity index is 2510. The summed E-state index contributed by atoms with van der Waals surface area (Å²) in [5, 5.41) is 17.0. The van der Waals surface area contributed by atoms with E-state index in [-0.39, 0.29) is 61.1 Å². The first-order valence-electron chi connectivity index (χ1n) is 32.4. The molecule has 3 atom stereocenters. The molecule has 0 fully saturated rings. The molecule has 3 aromatic rings. The lowest BCUT2D eigenvalue weighted by molar-refractivity contribution is -0.161. The van der Waals surface area contributed by atoms with Gasteiger partial charge in [0, 0.05) is 31.4 Å². The number of amides is 3. The van der Waals surface area contributed by atoms with Crippen LogP contribution in [0, 0.1) is 6.92 Å². The number of fused-ring (bicyclic) bond motifs is 1. The second kappa shape index (κ2) is 46.5.